The number of hydrogen-bond acceptors (Lipinski definition) is 6. The molecule has 0 saturated heterocycles. The van der Waals surface area contributed by atoms with Crippen LogP contribution < -0.4 is 4.90 Å². The Morgan fingerprint density at radius 1 is 1.00 bits per heavy atom. The number of anilines is 1. The second-order valence-electron chi connectivity index (χ2n) is 7.02. The number of thiazole rings is 1. The molecule has 7 nitrogen and oxygen atoms in total. The average Bonchev–Trinajstić information content (AvgIpc) is 3.35. The Morgan fingerprint density at radius 3 is 2.45 bits per heavy atom. The van der Waals surface area contributed by atoms with E-state index in [1.807, 2.05) is 30.3 Å². The lowest BCUT2D eigenvalue weighted by Gasteiger charge is -2.14. The predicted molar refractivity (Wildman–Crippen MR) is 131 cm³/mol. The summed E-state index contributed by atoms with van der Waals surface area (Å²) in [5.41, 5.74) is 1.54. The third-order valence-corrected chi connectivity index (χ3v) is 6.65. The normalized spacial score (nSPS) is 14.8. The molecule has 4 aromatic rings. The van der Waals surface area contributed by atoms with E-state index in [0.29, 0.717) is 32.1 Å². The van der Waals surface area contributed by atoms with Crippen LogP contribution in [0.5, 0.6) is 0 Å². The fraction of sp³-hybridized carbons (Fsp3) is 0. The van der Waals surface area contributed by atoms with Gasteiger partial charge in [-0.1, -0.05) is 77.0 Å². The smallest absolute Gasteiger partial charge is 0.266 e. The number of aromatic nitrogens is 1. The molecule has 0 unspecified atom stereocenters. The summed E-state index contributed by atoms with van der Waals surface area (Å²) >= 11 is 13.5. The van der Waals surface area contributed by atoms with Gasteiger partial charge in [-0.3, -0.25) is 14.9 Å². The maximum absolute atomic E-state index is 13.5. The van der Waals surface area contributed by atoms with Crippen LogP contribution in [-0.2, 0) is 4.79 Å². The van der Waals surface area contributed by atoms with E-state index in [1.165, 1.54) is 28.4 Å². The lowest BCUT2D eigenvalue weighted by molar-refractivity contribution is -0.385. The molecule has 0 fully saturated rings. The molecule has 0 bridgehead atoms. The summed E-state index contributed by atoms with van der Waals surface area (Å²) in [5.74, 6) is -0.0649. The van der Waals surface area contributed by atoms with Crippen molar-refractivity contribution in [3.05, 3.63) is 104 Å². The van der Waals surface area contributed by atoms with Crippen LogP contribution in [-0.4, -0.2) is 21.7 Å². The average molecular weight is 495 g/mol. The molecule has 0 atom stereocenters. The van der Waals surface area contributed by atoms with Crippen molar-refractivity contribution < 1.29 is 9.72 Å². The summed E-state index contributed by atoms with van der Waals surface area (Å²) in [6.07, 6.45) is 1.42. The summed E-state index contributed by atoms with van der Waals surface area (Å²) in [5, 5.41) is 12.6. The molecule has 2 heterocycles. The molecule has 0 aliphatic carbocycles. The number of carbonyl (C=O) groups is 1. The Hall–Kier alpha value is -3.59. The summed E-state index contributed by atoms with van der Waals surface area (Å²) in [4.78, 5) is 34.9. The number of benzene rings is 3. The highest BCUT2D eigenvalue weighted by Crippen LogP contribution is 2.37. The van der Waals surface area contributed by atoms with Gasteiger partial charge in [0.15, 0.2) is 5.13 Å². The van der Waals surface area contributed by atoms with Crippen molar-refractivity contribution in [1.29, 1.82) is 0 Å². The number of para-hydroxylation sites is 1. The van der Waals surface area contributed by atoms with Crippen LogP contribution in [0.4, 0.5) is 10.8 Å². The van der Waals surface area contributed by atoms with Crippen molar-refractivity contribution in [3.63, 3.8) is 0 Å². The van der Waals surface area contributed by atoms with E-state index in [-0.39, 0.29) is 16.9 Å². The van der Waals surface area contributed by atoms with E-state index < -0.39 is 10.8 Å². The monoisotopic (exact) mass is 494 g/mol. The fourth-order valence-electron chi connectivity index (χ4n) is 3.41. The van der Waals surface area contributed by atoms with E-state index in [9.17, 15) is 14.9 Å². The first-order valence-corrected chi connectivity index (χ1v) is 11.2. The first-order valence-electron chi connectivity index (χ1n) is 9.61. The van der Waals surface area contributed by atoms with Gasteiger partial charge in [0.2, 0.25) is 0 Å². The molecule has 1 amide bonds. The van der Waals surface area contributed by atoms with Crippen molar-refractivity contribution in [2.45, 2.75) is 0 Å². The van der Waals surface area contributed by atoms with Gasteiger partial charge in [0.1, 0.15) is 11.5 Å². The molecule has 162 valence electrons. The van der Waals surface area contributed by atoms with E-state index in [2.05, 4.69) is 9.98 Å². The van der Waals surface area contributed by atoms with E-state index in [1.54, 1.807) is 30.3 Å². The van der Waals surface area contributed by atoms with Crippen LogP contribution in [0.25, 0.3) is 16.3 Å². The number of hydrogen-bond donors (Lipinski definition) is 0. The largest absolute Gasteiger partial charge is 0.284 e. The zero-order valence-corrected chi connectivity index (χ0v) is 18.9. The Bertz CT molecular complexity index is 1460. The number of nitro groups is 1. The maximum Gasteiger partial charge on any atom is 0.284 e. The molecule has 10 heteroatoms. The fourth-order valence-corrected chi connectivity index (χ4v) is 4.78. The first-order chi connectivity index (χ1) is 15.9. The third-order valence-electron chi connectivity index (χ3n) is 4.93. The van der Waals surface area contributed by atoms with Crippen LogP contribution in [0.2, 0.25) is 10.0 Å². The molecule has 1 aromatic heterocycles. The van der Waals surface area contributed by atoms with Crippen molar-refractivity contribution in [1.82, 2.24) is 4.98 Å². The first kappa shape index (κ1) is 21.3. The van der Waals surface area contributed by atoms with Gasteiger partial charge in [-0.2, -0.15) is 0 Å². The number of nitrogens with zero attached hydrogens (tertiary/aromatic N) is 4. The van der Waals surface area contributed by atoms with Gasteiger partial charge in [0.05, 0.1) is 30.7 Å². The highest BCUT2D eigenvalue weighted by molar-refractivity contribution is 7.22. The zero-order chi connectivity index (χ0) is 23.1. The maximum atomic E-state index is 13.5. The topological polar surface area (TPSA) is 88.7 Å². The molecule has 0 radical (unpaired) electrons. The van der Waals surface area contributed by atoms with Gasteiger partial charge in [0, 0.05) is 11.6 Å². The zero-order valence-electron chi connectivity index (χ0n) is 16.6. The quantitative estimate of drug-likeness (QED) is 0.188. The molecule has 0 N–H and O–H groups in total. The highest BCUT2D eigenvalue weighted by atomic mass is 35.5. The molecule has 33 heavy (non-hydrogen) atoms. The summed E-state index contributed by atoms with van der Waals surface area (Å²) < 4.78 is 0.760. The van der Waals surface area contributed by atoms with Gasteiger partial charge in [0.25, 0.3) is 11.6 Å². The van der Waals surface area contributed by atoms with Crippen molar-refractivity contribution in [2.75, 3.05) is 4.90 Å². The number of amides is 1. The minimum Gasteiger partial charge on any atom is -0.266 e. The van der Waals surface area contributed by atoms with Crippen LogP contribution in [0.1, 0.15) is 11.1 Å². The molecule has 1 aliphatic heterocycles. The van der Waals surface area contributed by atoms with Gasteiger partial charge >= 0.3 is 0 Å². The SMILES string of the molecule is O=C1C(=Cc2ccccc2[N+](=O)[O-])N=C(c2ccccc2)N1c1nc2cc(Cl)c(Cl)cc2s1. The van der Waals surface area contributed by atoms with Gasteiger partial charge < -0.3 is 0 Å². The summed E-state index contributed by atoms with van der Waals surface area (Å²) in [6, 6.07) is 18.7. The van der Waals surface area contributed by atoms with Gasteiger partial charge in [-0.05, 0) is 24.3 Å². The highest BCUT2D eigenvalue weighted by Gasteiger charge is 2.35. The molecule has 0 spiro atoms. The van der Waals surface area contributed by atoms with Gasteiger partial charge in [-0.25, -0.2) is 14.9 Å². The second-order valence-corrected chi connectivity index (χ2v) is 8.84. The van der Waals surface area contributed by atoms with Gasteiger partial charge in [-0.15, -0.1) is 0 Å². The van der Waals surface area contributed by atoms with E-state index in [0.717, 1.165) is 4.70 Å². The molecular weight excluding hydrogens is 483 g/mol. The summed E-state index contributed by atoms with van der Waals surface area (Å²) in [6.45, 7) is 0. The Kier molecular flexibility index (Phi) is 5.41. The Balaban J connectivity index is 1.66. The molecule has 3 aromatic carbocycles. The van der Waals surface area contributed by atoms with E-state index in [4.69, 9.17) is 23.2 Å². The number of aliphatic imine (C=N–C) groups is 1. The summed E-state index contributed by atoms with van der Waals surface area (Å²) in [7, 11) is 0. The lowest BCUT2D eigenvalue weighted by atomic mass is 10.1. The molecular formula is C23H12Cl2N4O3S. The number of rotatable bonds is 4. The van der Waals surface area contributed by atoms with Crippen molar-refractivity contribution in [2.24, 2.45) is 4.99 Å². The predicted octanol–water partition coefficient (Wildman–Crippen LogP) is 6.35. The van der Waals surface area contributed by atoms with Crippen LogP contribution in [0.3, 0.4) is 0 Å². The molecule has 5 rings (SSSR count). The molecule has 1 aliphatic rings. The van der Waals surface area contributed by atoms with Crippen LogP contribution >= 0.6 is 34.5 Å². The Morgan fingerprint density at radius 2 is 1.70 bits per heavy atom. The number of amidine groups is 1. The second kappa shape index (κ2) is 8.40. The van der Waals surface area contributed by atoms with Crippen LogP contribution in [0.15, 0.2) is 77.4 Å². The van der Waals surface area contributed by atoms with Crippen molar-refractivity contribution in [3.8, 4) is 0 Å². The van der Waals surface area contributed by atoms with E-state index >= 15 is 0 Å². The van der Waals surface area contributed by atoms with Crippen LogP contribution in [0, 0.1) is 10.1 Å². The minimum absolute atomic E-state index is 0.0680. The lowest BCUT2D eigenvalue weighted by Crippen LogP contribution is -2.32. The standard InChI is InChI=1S/C23H12Cl2N4O3S/c24-15-11-17-20(12-16(15)25)33-23(27-17)28-21(13-6-2-1-3-7-13)26-18(22(28)30)10-14-8-4-5-9-19(14)29(31)32/h1-12H. The number of halogens is 2. The minimum atomic E-state index is -0.494. The number of carbonyl (C=O) groups excluding carboxylic acids is 1. The third kappa shape index (κ3) is 3.89. The number of fused-ring (bicyclic) bond motifs is 1. The number of nitro benzene ring substituents is 1. The van der Waals surface area contributed by atoms with Crippen molar-refractivity contribution >= 4 is 73.4 Å². The Labute approximate surface area is 201 Å². The molecule has 0 saturated carbocycles.